The average Bonchev–Trinajstić information content (AvgIpc) is 2.55. The summed E-state index contributed by atoms with van der Waals surface area (Å²) >= 11 is 0. The first-order chi connectivity index (χ1) is 10.3. The second-order valence-corrected chi connectivity index (χ2v) is 5.10. The molecular formula is C18H24N2O. The van der Waals surface area contributed by atoms with Gasteiger partial charge in [0.1, 0.15) is 5.75 Å². The molecular weight excluding hydrogens is 260 g/mol. The molecule has 3 heteroatoms. The largest absolute Gasteiger partial charge is 0.495 e. The Bertz CT molecular complexity index is 551. The van der Waals surface area contributed by atoms with Gasteiger partial charge < -0.3 is 10.1 Å². The number of rotatable bonds is 7. The van der Waals surface area contributed by atoms with Gasteiger partial charge in [-0.05, 0) is 36.6 Å². The maximum absolute atomic E-state index is 5.44. The van der Waals surface area contributed by atoms with Gasteiger partial charge in [-0.3, -0.25) is 4.98 Å². The molecule has 1 aromatic heterocycles. The Balaban J connectivity index is 2.21. The fourth-order valence-electron chi connectivity index (χ4n) is 2.53. The van der Waals surface area contributed by atoms with E-state index in [0.717, 1.165) is 30.7 Å². The van der Waals surface area contributed by atoms with Crippen molar-refractivity contribution in [2.45, 2.75) is 32.7 Å². The maximum atomic E-state index is 5.44. The first-order valence-corrected chi connectivity index (χ1v) is 7.57. The molecule has 0 aliphatic heterocycles. The first-order valence-electron chi connectivity index (χ1n) is 7.57. The Morgan fingerprint density at radius 2 is 1.81 bits per heavy atom. The van der Waals surface area contributed by atoms with Crippen LogP contribution in [0.25, 0.3) is 0 Å². The van der Waals surface area contributed by atoms with E-state index in [1.54, 1.807) is 13.3 Å². The van der Waals surface area contributed by atoms with Gasteiger partial charge in [-0.15, -0.1) is 0 Å². The fraction of sp³-hybridized carbons (Fsp3) is 0.389. The van der Waals surface area contributed by atoms with Gasteiger partial charge in [-0.1, -0.05) is 38.1 Å². The number of aromatic nitrogens is 1. The summed E-state index contributed by atoms with van der Waals surface area (Å²) < 4.78 is 5.44. The standard InChI is InChI=1S/C18H24N2O/c1-4-14-6-8-15(9-7-14)12-17(20-5-2)16-10-11-19-13-18(16)21-3/h6-11,13,17,20H,4-5,12H2,1-3H3. The van der Waals surface area contributed by atoms with Gasteiger partial charge in [0.2, 0.25) is 0 Å². The van der Waals surface area contributed by atoms with Crippen molar-refractivity contribution in [1.29, 1.82) is 0 Å². The molecule has 0 saturated heterocycles. The third-order valence-corrected chi connectivity index (χ3v) is 3.73. The summed E-state index contributed by atoms with van der Waals surface area (Å²) in [5.74, 6) is 0.841. The average molecular weight is 284 g/mol. The summed E-state index contributed by atoms with van der Waals surface area (Å²) in [6.07, 6.45) is 5.62. The van der Waals surface area contributed by atoms with Crippen molar-refractivity contribution in [2.75, 3.05) is 13.7 Å². The number of nitrogens with zero attached hydrogens (tertiary/aromatic N) is 1. The minimum atomic E-state index is 0.237. The molecule has 2 rings (SSSR count). The monoisotopic (exact) mass is 284 g/mol. The van der Waals surface area contributed by atoms with Crippen LogP contribution in [0.2, 0.25) is 0 Å². The predicted octanol–water partition coefficient (Wildman–Crippen LogP) is 3.55. The van der Waals surface area contributed by atoms with E-state index in [1.807, 2.05) is 12.3 Å². The minimum Gasteiger partial charge on any atom is -0.495 e. The van der Waals surface area contributed by atoms with Crippen LogP contribution in [0.1, 0.15) is 36.6 Å². The summed E-state index contributed by atoms with van der Waals surface area (Å²) in [5, 5.41) is 3.54. The third-order valence-electron chi connectivity index (χ3n) is 3.73. The van der Waals surface area contributed by atoms with E-state index in [-0.39, 0.29) is 6.04 Å². The van der Waals surface area contributed by atoms with Crippen LogP contribution in [0.4, 0.5) is 0 Å². The van der Waals surface area contributed by atoms with Crippen molar-refractivity contribution < 1.29 is 4.74 Å². The zero-order chi connectivity index (χ0) is 15.1. The molecule has 2 aromatic rings. The van der Waals surface area contributed by atoms with E-state index in [4.69, 9.17) is 4.74 Å². The number of ether oxygens (including phenoxy) is 1. The summed E-state index contributed by atoms with van der Waals surface area (Å²) in [5.41, 5.74) is 3.87. The van der Waals surface area contributed by atoms with Crippen molar-refractivity contribution in [2.24, 2.45) is 0 Å². The third kappa shape index (κ3) is 4.05. The molecule has 3 nitrogen and oxygen atoms in total. The highest BCUT2D eigenvalue weighted by Gasteiger charge is 2.15. The normalized spacial score (nSPS) is 12.1. The molecule has 0 amide bonds. The number of benzene rings is 1. The zero-order valence-electron chi connectivity index (χ0n) is 13.1. The molecule has 0 fully saturated rings. The summed E-state index contributed by atoms with van der Waals surface area (Å²) in [6, 6.07) is 11.1. The molecule has 1 atom stereocenters. The van der Waals surface area contributed by atoms with Gasteiger partial charge in [0.05, 0.1) is 13.3 Å². The molecule has 0 radical (unpaired) electrons. The molecule has 1 unspecified atom stereocenters. The molecule has 1 heterocycles. The van der Waals surface area contributed by atoms with Crippen LogP contribution in [0.3, 0.4) is 0 Å². The van der Waals surface area contributed by atoms with Gasteiger partial charge >= 0.3 is 0 Å². The quantitative estimate of drug-likeness (QED) is 0.844. The summed E-state index contributed by atoms with van der Waals surface area (Å²) in [7, 11) is 1.69. The Kier molecular flexibility index (Phi) is 5.76. The second kappa shape index (κ2) is 7.79. The second-order valence-electron chi connectivity index (χ2n) is 5.10. The minimum absolute atomic E-state index is 0.237. The van der Waals surface area contributed by atoms with Gasteiger partial charge in [0.15, 0.2) is 0 Å². The van der Waals surface area contributed by atoms with Crippen LogP contribution in [0.15, 0.2) is 42.7 Å². The Morgan fingerprint density at radius 3 is 2.43 bits per heavy atom. The zero-order valence-corrected chi connectivity index (χ0v) is 13.1. The SMILES string of the molecule is CCNC(Cc1ccc(CC)cc1)c1ccncc1OC. The van der Waals surface area contributed by atoms with Gasteiger partial charge in [0, 0.05) is 17.8 Å². The van der Waals surface area contributed by atoms with E-state index in [1.165, 1.54) is 11.1 Å². The van der Waals surface area contributed by atoms with E-state index < -0.39 is 0 Å². The molecule has 0 aliphatic rings. The van der Waals surface area contributed by atoms with Crippen LogP contribution in [0.5, 0.6) is 5.75 Å². The fourth-order valence-corrected chi connectivity index (χ4v) is 2.53. The number of methoxy groups -OCH3 is 1. The van der Waals surface area contributed by atoms with Crippen molar-refractivity contribution >= 4 is 0 Å². The lowest BCUT2D eigenvalue weighted by molar-refractivity contribution is 0.397. The lowest BCUT2D eigenvalue weighted by Gasteiger charge is -2.20. The smallest absolute Gasteiger partial charge is 0.141 e. The lowest BCUT2D eigenvalue weighted by Crippen LogP contribution is -2.23. The topological polar surface area (TPSA) is 34.2 Å². The number of aryl methyl sites for hydroxylation is 1. The van der Waals surface area contributed by atoms with Gasteiger partial charge in [-0.25, -0.2) is 0 Å². The Hall–Kier alpha value is -1.87. The van der Waals surface area contributed by atoms with Crippen LogP contribution < -0.4 is 10.1 Å². The highest BCUT2D eigenvalue weighted by atomic mass is 16.5. The van der Waals surface area contributed by atoms with Crippen molar-refractivity contribution in [1.82, 2.24) is 10.3 Å². The highest BCUT2D eigenvalue weighted by molar-refractivity contribution is 5.34. The summed E-state index contributed by atoms with van der Waals surface area (Å²) in [4.78, 5) is 4.14. The number of pyridine rings is 1. The Morgan fingerprint density at radius 1 is 1.10 bits per heavy atom. The lowest BCUT2D eigenvalue weighted by atomic mass is 9.98. The van der Waals surface area contributed by atoms with Crippen molar-refractivity contribution in [3.63, 3.8) is 0 Å². The molecule has 0 spiro atoms. The van der Waals surface area contributed by atoms with Crippen LogP contribution >= 0.6 is 0 Å². The molecule has 21 heavy (non-hydrogen) atoms. The first kappa shape index (κ1) is 15.5. The van der Waals surface area contributed by atoms with E-state index >= 15 is 0 Å². The number of hydrogen-bond donors (Lipinski definition) is 1. The number of likely N-dealkylation sites (N-methyl/N-ethyl adjacent to an activating group) is 1. The van der Waals surface area contributed by atoms with E-state index in [9.17, 15) is 0 Å². The van der Waals surface area contributed by atoms with Crippen molar-refractivity contribution in [3.8, 4) is 5.75 Å². The number of nitrogens with one attached hydrogen (secondary N) is 1. The summed E-state index contributed by atoms with van der Waals surface area (Å²) in [6.45, 7) is 5.22. The van der Waals surface area contributed by atoms with Crippen LogP contribution in [-0.2, 0) is 12.8 Å². The number of hydrogen-bond acceptors (Lipinski definition) is 3. The molecule has 0 bridgehead atoms. The molecule has 112 valence electrons. The molecule has 1 N–H and O–H groups in total. The molecule has 0 saturated carbocycles. The van der Waals surface area contributed by atoms with E-state index in [0.29, 0.717) is 0 Å². The maximum Gasteiger partial charge on any atom is 0.141 e. The van der Waals surface area contributed by atoms with E-state index in [2.05, 4.69) is 48.4 Å². The molecule has 1 aromatic carbocycles. The van der Waals surface area contributed by atoms with Crippen LogP contribution in [0, 0.1) is 0 Å². The molecule has 0 aliphatic carbocycles. The predicted molar refractivity (Wildman–Crippen MR) is 86.7 cm³/mol. The van der Waals surface area contributed by atoms with Gasteiger partial charge in [0.25, 0.3) is 0 Å². The highest BCUT2D eigenvalue weighted by Crippen LogP contribution is 2.26. The van der Waals surface area contributed by atoms with Crippen LogP contribution in [-0.4, -0.2) is 18.6 Å². The Labute approximate surface area is 127 Å². The van der Waals surface area contributed by atoms with Gasteiger partial charge in [-0.2, -0.15) is 0 Å². The van der Waals surface area contributed by atoms with Crippen molar-refractivity contribution in [3.05, 3.63) is 59.4 Å².